The monoisotopic (exact) mass is 396 g/mol. The number of hydrogen-bond donors (Lipinski definition) is 2. The molecular formula is C22H25FN4O2. The summed E-state index contributed by atoms with van der Waals surface area (Å²) in [6.45, 7) is 6.65. The molecule has 0 radical (unpaired) electrons. The SMILES string of the molecule is Cc1nc2ccccc2n1CCNC(=O)C(NC(=O)c1ccc(F)cc1)C(C)C. The van der Waals surface area contributed by atoms with Crippen molar-refractivity contribution >= 4 is 22.8 Å². The van der Waals surface area contributed by atoms with Gasteiger partial charge in [0, 0.05) is 18.7 Å². The predicted octanol–water partition coefficient (Wildman–Crippen LogP) is 3.05. The average molecular weight is 396 g/mol. The van der Waals surface area contributed by atoms with Gasteiger partial charge in [0.05, 0.1) is 11.0 Å². The first-order chi connectivity index (χ1) is 13.9. The minimum absolute atomic E-state index is 0.102. The van der Waals surface area contributed by atoms with Gasteiger partial charge in [-0.05, 0) is 49.2 Å². The van der Waals surface area contributed by atoms with Gasteiger partial charge in [-0.25, -0.2) is 9.37 Å². The Kier molecular flexibility index (Phi) is 6.26. The summed E-state index contributed by atoms with van der Waals surface area (Å²) in [5, 5.41) is 5.64. The normalized spacial score (nSPS) is 12.2. The van der Waals surface area contributed by atoms with E-state index in [1.165, 1.54) is 24.3 Å². The maximum Gasteiger partial charge on any atom is 0.251 e. The van der Waals surface area contributed by atoms with Crippen LogP contribution < -0.4 is 10.6 Å². The second-order valence-electron chi connectivity index (χ2n) is 7.29. The Balaban J connectivity index is 1.61. The summed E-state index contributed by atoms with van der Waals surface area (Å²) in [6, 6.07) is 12.4. The number of halogens is 1. The highest BCUT2D eigenvalue weighted by atomic mass is 19.1. The molecule has 6 nitrogen and oxygen atoms in total. The molecule has 1 unspecified atom stereocenters. The molecule has 0 bridgehead atoms. The first-order valence-corrected chi connectivity index (χ1v) is 9.63. The maximum atomic E-state index is 13.0. The molecule has 0 aliphatic carbocycles. The van der Waals surface area contributed by atoms with Crippen molar-refractivity contribution in [3.8, 4) is 0 Å². The van der Waals surface area contributed by atoms with Crippen LogP contribution in [-0.2, 0) is 11.3 Å². The zero-order valence-electron chi connectivity index (χ0n) is 16.8. The Hall–Kier alpha value is -3.22. The van der Waals surface area contributed by atoms with E-state index in [1.54, 1.807) is 0 Å². The summed E-state index contributed by atoms with van der Waals surface area (Å²) in [6.07, 6.45) is 0. The van der Waals surface area contributed by atoms with Crippen molar-refractivity contribution in [1.29, 1.82) is 0 Å². The van der Waals surface area contributed by atoms with Gasteiger partial charge in [0.1, 0.15) is 17.7 Å². The standard InChI is InChI=1S/C22H25FN4O2/c1-14(2)20(26-21(28)16-8-10-17(23)11-9-16)22(29)24-12-13-27-15(3)25-18-6-4-5-7-19(18)27/h4-11,14,20H,12-13H2,1-3H3,(H,24,29)(H,26,28). The molecule has 0 saturated heterocycles. The van der Waals surface area contributed by atoms with E-state index in [9.17, 15) is 14.0 Å². The van der Waals surface area contributed by atoms with Crippen molar-refractivity contribution in [2.45, 2.75) is 33.4 Å². The topological polar surface area (TPSA) is 76.0 Å². The molecule has 2 aromatic carbocycles. The van der Waals surface area contributed by atoms with Crippen LogP contribution in [0.1, 0.15) is 30.0 Å². The van der Waals surface area contributed by atoms with Gasteiger partial charge in [-0.1, -0.05) is 26.0 Å². The highest BCUT2D eigenvalue weighted by Crippen LogP contribution is 2.15. The van der Waals surface area contributed by atoms with Crippen molar-refractivity contribution in [3.05, 3.63) is 65.7 Å². The van der Waals surface area contributed by atoms with Crippen LogP contribution in [0.4, 0.5) is 4.39 Å². The molecule has 3 rings (SSSR count). The van der Waals surface area contributed by atoms with Crippen LogP contribution in [0, 0.1) is 18.7 Å². The van der Waals surface area contributed by atoms with Crippen LogP contribution >= 0.6 is 0 Å². The lowest BCUT2D eigenvalue weighted by Crippen LogP contribution is -2.50. The van der Waals surface area contributed by atoms with Gasteiger partial charge in [0.15, 0.2) is 0 Å². The number of hydrogen-bond acceptors (Lipinski definition) is 3. The number of carbonyl (C=O) groups is 2. The lowest BCUT2D eigenvalue weighted by Gasteiger charge is -2.22. The number of aryl methyl sites for hydroxylation is 1. The van der Waals surface area contributed by atoms with Gasteiger partial charge in [0.2, 0.25) is 5.91 Å². The van der Waals surface area contributed by atoms with Crippen molar-refractivity contribution < 1.29 is 14.0 Å². The molecule has 1 aromatic heterocycles. The van der Waals surface area contributed by atoms with Gasteiger partial charge in [-0.15, -0.1) is 0 Å². The zero-order chi connectivity index (χ0) is 21.0. The molecule has 0 aliphatic rings. The number of nitrogens with zero attached hydrogens (tertiary/aromatic N) is 2. The Morgan fingerprint density at radius 3 is 2.48 bits per heavy atom. The lowest BCUT2D eigenvalue weighted by molar-refractivity contribution is -0.123. The van der Waals surface area contributed by atoms with Crippen LogP contribution in [0.2, 0.25) is 0 Å². The molecule has 0 spiro atoms. The third-order valence-corrected chi connectivity index (χ3v) is 4.82. The molecule has 1 heterocycles. The highest BCUT2D eigenvalue weighted by molar-refractivity contribution is 5.97. The van der Waals surface area contributed by atoms with Crippen LogP contribution in [-0.4, -0.2) is 34.0 Å². The minimum atomic E-state index is -0.687. The lowest BCUT2D eigenvalue weighted by atomic mass is 10.0. The van der Waals surface area contributed by atoms with E-state index in [1.807, 2.05) is 45.0 Å². The molecule has 1 atom stereocenters. The van der Waals surface area contributed by atoms with E-state index in [-0.39, 0.29) is 11.8 Å². The maximum absolute atomic E-state index is 13.0. The number of imidazole rings is 1. The summed E-state index contributed by atoms with van der Waals surface area (Å²) >= 11 is 0. The summed E-state index contributed by atoms with van der Waals surface area (Å²) in [4.78, 5) is 29.6. The molecule has 0 fully saturated rings. The molecule has 2 amide bonds. The van der Waals surface area contributed by atoms with E-state index in [4.69, 9.17) is 0 Å². The third kappa shape index (κ3) is 4.80. The second kappa shape index (κ2) is 8.86. The molecule has 0 aliphatic heterocycles. The Bertz CT molecular complexity index is 1010. The number of nitrogens with one attached hydrogen (secondary N) is 2. The summed E-state index contributed by atoms with van der Waals surface area (Å²) < 4.78 is 15.1. The number of rotatable bonds is 7. The van der Waals surface area contributed by atoms with E-state index in [2.05, 4.69) is 20.2 Å². The molecule has 7 heteroatoms. The van der Waals surface area contributed by atoms with Gasteiger partial charge < -0.3 is 15.2 Å². The van der Waals surface area contributed by atoms with E-state index < -0.39 is 17.8 Å². The average Bonchev–Trinajstić information content (AvgIpc) is 3.01. The summed E-state index contributed by atoms with van der Waals surface area (Å²) in [5.41, 5.74) is 2.25. The van der Waals surface area contributed by atoms with Crippen LogP contribution in [0.15, 0.2) is 48.5 Å². The Morgan fingerprint density at radius 2 is 1.79 bits per heavy atom. The highest BCUT2D eigenvalue weighted by Gasteiger charge is 2.24. The fourth-order valence-corrected chi connectivity index (χ4v) is 3.24. The first-order valence-electron chi connectivity index (χ1n) is 9.63. The number of benzene rings is 2. The fraction of sp³-hybridized carbons (Fsp3) is 0.318. The van der Waals surface area contributed by atoms with Gasteiger partial charge in [-0.2, -0.15) is 0 Å². The smallest absolute Gasteiger partial charge is 0.251 e. The molecule has 2 N–H and O–H groups in total. The fourth-order valence-electron chi connectivity index (χ4n) is 3.24. The van der Waals surface area contributed by atoms with Crippen LogP contribution in [0.3, 0.4) is 0 Å². The van der Waals surface area contributed by atoms with Crippen molar-refractivity contribution in [2.75, 3.05) is 6.54 Å². The summed E-state index contributed by atoms with van der Waals surface area (Å²) in [5.74, 6) is -0.296. The van der Waals surface area contributed by atoms with Crippen LogP contribution in [0.5, 0.6) is 0 Å². The van der Waals surface area contributed by atoms with Crippen LogP contribution in [0.25, 0.3) is 11.0 Å². The molecule has 0 saturated carbocycles. The Morgan fingerprint density at radius 1 is 1.10 bits per heavy atom. The molecule has 29 heavy (non-hydrogen) atoms. The molecule has 152 valence electrons. The number of amides is 2. The van der Waals surface area contributed by atoms with Gasteiger partial charge in [0.25, 0.3) is 5.91 Å². The zero-order valence-corrected chi connectivity index (χ0v) is 16.8. The first kappa shape index (κ1) is 20.5. The Labute approximate surface area is 169 Å². The number of aromatic nitrogens is 2. The molecule has 3 aromatic rings. The molecular weight excluding hydrogens is 371 g/mol. The van der Waals surface area contributed by atoms with Gasteiger partial charge >= 0.3 is 0 Å². The number of fused-ring (bicyclic) bond motifs is 1. The quantitative estimate of drug-likeness (QED) is 0.645. The minimum Gasteiger partial charge on any atom is -0.353 e. The predicted molar refractivity (Wildman–Crippen MR) is 110 cm³/mol. The number of para-hydroxylation sites is 2. The van der Waals surface area contributed by atoms with Crippen molar-refractivity contribution in [2.24, 2.45) is 5.92 Å². The number of carbonyl (C=O) groups excluding carboxylic acids is 2. The van der Waals surface area contributed by atoms with E-state index in [0.29, 0.717) is 18.7 Å². The van der Waals surface area contributed by atoms with E-state index in [0.717, 1.165) is 16.9 Å². The van der Waals surface area contributed by atoms with E-state index >= 15 is 0 Å². The largest absolute Gasteiger partial charge is 0.353 e. The second-order valence-corrected chi connectivity index (χ2v) is 7.29. The third-order valence-electron chi connectivity index (χ3n) is 4.82. The van der Waals surface area contributed by atoms with Crippen molar-refractivity contribution in [1.82, 2.24) is 20.2 Å². The van der Waals surface area contributed by atoms with Crippen molar-refractivity contribution in [3.63, 3.8) is 0 Å². The van der Waals surface area contributed by atoms with Gasteiger partial charge in [-0.3, -0.25) is 9.59 Å². The summed E-state index contributed by atoms with van der Waals surface area (Å²) in [7, 11) is 0.